The van der Waals surface area contributed by atoms with Crippen LogP contribution in [0.4, 0.5) is 19.1 Å². The first-order valence-electron chi connectivity index (χ1n) is 8.43. The van der Waals surface area contributed by atoms with E-state index in [2.05, 4.69) is 42.9 Å². The van der Waals surface area contributed by atoms with E-state index in [1.807, 2.05) is 12.1 Å². The van der Waals surface area contributed by atoms with Crippen LogP contribution in [-0.4, -0.2) is 41.0 Å². The number of alkyl halides is 3. The van der Waals surface area contributed by atoms with Gasteiger partial charge in [-0.25, -0.2) is 9.97 Å². The fourth-order valence-corrected chi connectivity index (χ4v) is 3.44. The van der Waals surface area contributed by atoms with Gasteiger partial charge in [0, 0.05) is 36.8 Å². The lowest BCUT2D eigenvalue weighted by molar-refractivity contribution is -0.141. The standard InChI is InChI=1S/C18H20BrF3N4/c1-25(17-23-9-8-16(24-17)18(20,21)22)15-3-2-10-26(12-15)11-13-4-6-14(19)7-5-13/h4-9,15H,2-3,10-12H2,1H3. The summed E-state index contributed by atoms with van der Waals surface area (Å²) in [4.78, 5) is 11.8. The summed E-state index contributed by atoms with van der Waals surface area (Å²) in [5.74, 6) is 0.121. The maximum atomic E-state index is 12.9. The van der Waals surface area contributed by atoms with E-state index in [1.165, 1.54) is 11.8 Å². The Kier molecular flexibility index (Phi) is 5.82. The monoisotopic (exact) mass is 428 g/mol. The second-order valence-corrected chi connectivity index (χ2v) is 7.42. The summed E-state index contributed by atoms with van der Waals surface area (Å²) >= 11 is 3.43. The van der Waals surface area contributed by atoms with Crippen LogP contribution in [0.25, 0.3) is 0 Å². The van der Waals surface area contributed by atoms with Gasteiger partial charge in [0.15, 0.2) is 0 Å². The first-order chi connectivity index (χ1) is 12.3. The number of hydrogen-bond donors (Lipinski definition) is 0. The predicted octanol–water partition coefficient (Wildman–Crippen LogP) is 4.36. The highest BCUT2D eigenvalue weighted by Crippen LogP contribution is 2.29. The van der Waals surface area contributed by atoms with Crippen molar-refractivity contribution in [3.05, 3.63) is 52.3 Å². The van der Waals surface area contributed by atoms with Gasteiger partial charge in [-0.3, -0.25) is 4.90 Å². The number of likely N-dealkylation sites (N-methyl/N-ethyl adjacent to an activating group) is 1. The lowest BCUT2D eigenvalue weighted by Gasteiger charge is -2.37. The van der Waals surface area contributed by atoms with Crippen LogP contribution in [0.3, 0.4) is 0 Å². The number of anilines is 1. The zero-order chi connectivity index (χ0) is 18.7. The van der Waals surface area contributed by atoms with E-state index in [1.54, 1.807) is 11.9 Å². The zero-order valence-corrected chi connectivity index (χ0v) is 16.0. The fraction of sp³-hybridized carbons (Fsp3) is 0.444. The molecule has 0 aliphatic carbocycles. The molecule has 8 heteroatoms. The average Bonchev–Trinajstić information content (AvgIpc) is 2.63. The van der Waals surface area contributed by atoms with Crippen molar-refractivity contribution in [2.24, 2.45) is 0 Å². The minimum Gasteiger partial charge on any atom is -0.340 e. The molecule has 3 rings (SSSR count). The number of aromatic nitrogens is 2. The van der Waals surface area contributed by atoms with E-state index in [0.717, 1.165) is 43.0 Å². The Labute approximate surface area is 159 Å². The number of halogens is 4. The Bertz CT molecular complexity index is 736. The summed E-state index contributed by atoms with van der Waals surface area (Å²) in [6, 6.07) is 9.17. The van der Waals surface area contributed by atoms with Crippen molar-refractivity contribution in [3.8, 4) is 0 Å². The lowest BCUT2D eigenvalue weighted by atomic mass is 10.0. The molecule has 1 aliphatic heterocycles. The first-order valence-corrected chi connectivity index (χ1v) is 9.22. The van der Waals surface area contributed by atoms with Gasteiger partial charge in [-0.1, -0.05) is 28.1 Å². The van der Waals surface area contributed by atoms with Crippen LogP contribution in [0.15, 0.2) is 41.0 Å². The minimum atomic E-state index is -4.46. The molecule has 1 aliphatic rings. The van der Waals surface area contributed by atoms with Gasteiger partial charge in [0.05, 0.1) is 0 Å². The van der Waals surface area contributed by atoms with Gasteiger partial charge in [-0.2, -0.15) is 13.2 Å². The summed E-state index contributed by atoms with van der Waals surface area (Å²) in [5.41, 5.74) is 0.309. The van der Waals surface area contributed by atoms with Crippen molar-refractivity contribution in [2.75, 3.05) is 25.0 Å². The molecule has 1 saturated heterocycles. The Morgan fingerprint density at radius 3 is 2.65 bits per heavy atom. The van der Waals surface area contributed by atoms with Gasteiger partial charge in [-0.15, -0.1) is 0 Å². The Morgan fingerprint density at radius 2 is 1.96 bits per heavy atom. The van der Waals surface area contributed by atoms with Crippen molar-refractivity contribution in [2.45, 2.75) is 31.6 Å². The molecule has 26 heavy (non-hydrogen) atoms. The number of rotatable bonds is 4. The van der Waals surface area contributed by atoms with E-state index in [4.69, 9.17) is 0 Å². The molecule has 0 spiro atoms. The van der Waals surface area contributed by atoms with Crippen LogP contribution in [0.2, 0.25) is 0 Å². The Balaban J connectivity index is 1.68. The summed E-state index contributed by atoms with van der Waals surface area (Å²) in [6.45, 7) is 2.57. The number of nitrogens with zero attached hydrogens (tertiary/aromatic N) is 4. The minimum absolute atomic E-state index is 0.0858. The number of likely N-dealkylation sites (tertiary alicyclic amines) is 1. The Morgan fingerprint density at radius 1 is 1.23 bits per heavy atom. The number of benzene rings is 1. The van der Waals surface area contributed by atoms with Crippen LogP contribution < -0.4 is 4.90 Å². The molecule has 2 aromatic rings. The van der Waals surface area contributed by atoms with Crippen LogP contribution in [0.1, 0.15) is 24.1 Å². The molecule has 1 atom stereocenters. The molecular formula is C18H20BrF3N4. The fourth-order valence-electron chi connectivity index (χ4n) is 3.18. The van der Waals surface area contributed by atoms with Gasteiger partial charge in [-0.05, 0) is 43.1 Å². The molecule has 0 bridgehead atoms. The molecule has 1 fully saturated rings. The molecule has 0 radical (unpaired) electrons. The molecule has 0 saturated carbocycles. The molecule has 0 N–H and O–H groups in total. The SMILES string of the molecule is CN(c1nccc(C(F)(F)F)n1)C1CCCN(Cc2ccc(Br)cc2)C1. The third-order valence-electron chi connectivity index (χ3n) is 4.60. The molecule has 4 nitrogen and oxygen atoms in total. The summed E-state index contributed by atoms with van der Waals surface area (Å²) < 4.78 is 39.7. The van der Waals surface area contributed by atoms with E-state index < -0.39 is 11.9 Å². The van der Waals surface area contributed by atoms with Gasteiger partial charge in [0.25, 0.3) is 0 Å². The van der Waals surface area contributed by atoms with Crippen molar-refractivity contribution >= 4 is 21.9 Å². The molecule has 1 aromatic heterocycles. The van der Waals surface area contributed by atoms with E-state index in [0.29, 0.717) is 0 Å². The maximum Gasteiger partial charge on any atom is 0.433 e. The normalized spacial score (nSPS) is 18.7. The van der Waals surface area contributed by atoms with Gasteiger partial charge >= 0.3 is 6.18 Å². The molecule has 1 aromatic carbocycles. The number of hydrogen-bond acceptors (Lipinski definition) is 4. The highest BCUT2D eigenvalue weighted by atomic mass is 79.9. The van der Waals surface area contributed by atoms with Crippen molar-refractivity contribution in [1.82, 2.24) is 14.9 Å². The topological polar surface area (TPSA) is 32.3 Å². The molecular weight excluding hydrogens is 409 g/mol. The summed E-state index contributed by atoms with van der Waals surface area (Å²) in [6.07, 6.45) is -1.39. The smallest absolute Gasteiger partial charge is 0.340 e. The number of piperidine rings is 1. The van der Waals surface area contributed by atoms with Crippen LogP contribution in [0.5, 0.6) is 0 Å². The second-order valence-electron chi connectivity index (χ2n) is 6.51. The van der Waals surface area contributed by atoms with Gasteiger partial charge < -0.3 is 4.90 Å². The molecule has 2 heterocycles. The van der Waals surface area contributed by atoms with E-state index in [-0.39, 0.29) is 12.0 Å². The van der Waals surface area contributed by atoms with Crippen molar-refractivity contribution < 1.29 is 13.2 Å². The predicted molar refractivity (Wildman–Crippen MR) is 97.9 cm³/mol. The summed E-state index contributed by atoms with van der Waals surface area (Å²) in [7, 11) is 1.77. The van der Waals surface area contributed by atoms with Crippen LogP contribution in [-0.2, 0) is 12.7 Å². The van der Waals surface area contributed by atoms with Crippen molar-refractivity contribution in [1.29, 1.82) is 0 Å². The largest absolute Gasteiger partial charge is 0.433 e. The van der Waals surface area contributed by atoms with Crippen LogP contribution in [0, 0.1) is 0 Å². The second kappa shape index (κ2) is 7.92. The van der Waals surface area contributed by atoms with Crippen molar-refractivity contribution in [3.63, 3.8) is 0 Å². The first kappa shape index (κ1) is 19.1. The highest BCUT2D eigenvalue weighted by molar-refractivity contribution is 9.10. The quantitative estimate of drug-likeness (QED) is 0.723. The Hall–Kier alpha value is -1.67. The third-order valence-corrected chi connectivity index (χ3v) is 5.13. The highest BCUT2D eigenvalue weighted by Gasteiger charge is 2.34. The third kappa shape index (κ3) is 4.73. The maximum absolute atomic E-state index is 12.9. The molecule has 0 amide bonds. The van der Waals surface area contributed by atoms with E-state index in [9.17, 15) is 13.2 Å². The molecule has 140 valence electrons. The summed E-state index contributed by atoms with van der Waals surface area (Å²) in [5, 5.41) is 0. The molecule has 1 unspecified atom stereocenters. The average molecular weight is 429 g/mol. The van der Waals surface area contributed by atoms with E-state index >= 15 is 0 Å². The lowest BCUT2D eigenvalue weighted by Crippen LogP contribution is -2.46. The van der Waals surface area contributed by atoms with Gasteiger partial charge in [0.1, 0.15) is 5.69 Å². The van der Waals surface area contributed by atoms with Crippen LogP contribution >= 0.6 is 15.9 Å². The van der Waals surface area contributed by atoms with Gasteiger partial charge in [0.2, 0.25) is 5.95 Å². The zero-order valence-electron chi connectivity index (χ0n) is 14.4.